The van der Waals surface area contributed by atoms with Crippen molar-refractivity contribution in [2.75, 3.05) is 20.3 Å². The van der Waals surface area contributed by atoms with E-state index in [1.54, 1.807) is 6.92 Å². The van der Waals surface area contributed by atoms with Gasteiger partial charge in [0.1, 0.15) is 0 Å². The minimum absolute atomic E-state index is 0.0503. The van der Waals surface area contributed by atoms with Gasteiger partial charge >= 0.3 is 5.97 Å². The summed E-state index contributed by atoms with van der Waals surface area (Å²) in [5.74, 6) is -0.408. The summed E-state index contributed by atoms with van der Waals surface area (Å²) in [5, 5.41) is 11.1. The van der Waals surface area contributed by atoms with Crippen molar-refractivity contribution in [1.29, 1.82) is 0 Å². The molecule has 1 aromatic rings. The molecule has 8 nitrogen and oxygen atoms in total. The first-order chi connectivity index (χ1) is 10.9. The number of benzene rings is 1. The molecule has 0 aliphatic rings. The molecule has 1 rings (SSSR count). The van der Waals surface area contributed by atoms with Crippen LogP contribution < -0.4 is 9.47 Å². The van der Waals surface area contributed by atoms with Crippen LogP contribution in [0.15, 0.2) is 12.1 Å². The number of rotatable bonds is 9. The first-order valence-corrected chi connectivity index (χ1v) is 7.06. The zero-order chi connectivity index (χ0) is 17.4. The van der Waals surface area contributed by atoms with Crippen LogP contribution >= 0.6 is 0 Å². The van der Waals surface area contributed by atoms with E-state index in [1.165, 1.54) is 20.1 Å². The third-order valence-electron chi connectivity index (χ3n) is 2.95. The molecule has 0 spiro atoms. The molecule has 0 N–H and O–H groups in total. The summed E-state index contributed by atoms with van der Waals surface area (Å²) in [6.45, 7) is 3.43. The number of ketones is 1. The predicted molar refractivity (Wildman–Crippen MR) is 81.0 cm³/mol. The predicted octanol–water partition coefficient (Wildman–Crippen LogP) is 2.53. The molecule has 0 radical (unpaired) electrons. The van der Waals surface area contributed by atoms with E-state index < -0.39 is 10.7 Å². The molecular formula is C15H19NO7. The van der Waals surface area contributed by atoms with Gasteiger partial charge in [-0.3, -0.25) is 19.7 Å². The maximum absolute atomic E-state index is 11.5. The molecule has 0 unspecified atom stereocenters. The van der Waals surface area contributed by atoms with Gasteiger partial charge in [-0.1, -0.05) is 0 Å². The van der Waals surface area contributed by atoms with Crippen molar-refractivity contribution in [1.82, 2.24) is 0 Å². The fourth-order valence-electron chi connectivity index (χ4n) is 1.89. The number of Topliss-reactive ketones (excluding diaryl/α,β-unsaturated/α-hetero) is 1. The first kappa shape index (κ1) is 18.4. The lowest BCUT2D eigenvalue weighted by molar-refractivity contribution is -0.385. The maximum atomic E-state index is 11.5. The summed E-state index contributed by atoms with van der Waals surface area (Å²) in [4.78, 5) is 33.1. The highest BCUT2D eigenvalue weighted by atomic mass is 16.6. The number of carbonyl (C=O) groups excluding carboxylic acids is 2. The fourth-order valence-corrected chi connectivity index (χ4v) is 1.89. The van der Waals surface area contributed by atoms with Gasteiger partial charge in [-0.2, -0.15) is 0 Å². The minimum Gasteiger partial charge on any atom is -0.493 e. The van der Waals surface area contributed by atoms with Crippen molar-refractivity contribution in [3.05, 3.63) is 27.8 Å². The second-order valence-electron chi connectivity index (χ2n) is 4.59. The number of carbonyl (C=O) groups is 2. The van der Waals surface area contributed by atoms with E-state index in [-0.39, 0.29) is 41.7 Å². The van der Waals surface area contributed by atoms with Crippen molar-refractivity contribution >= 4 is 17.4 Å². The van der Waals surface area contributed by atoms with Crippen molar-refractivity contribution in [3.63, 3.8) is 0 Å². The lowest BCUT2D eigenvalue weighted by Crippen LogP contribution is -2.08. The molecule has 0 atom stereocenters. The summed E-state index contributed by atoms with van der Waals surface area (Å²) in [5.41, 5.74) is -0.399. The van der Waals surface area contributed by atoms with Gasteiger partial charge in [0.25, 0.3) is 5.69 Å². The zero-order valence-electron chi connectivity index (χ0n) is 13.3. The summed E-state index contributed by atoms with van der Waals surface area (Å²) in [6, 6.07) is 2.43. The molecule has 0 aliphatic heterocycles. The van der Waals surface area contributed by atoms with Crippen LogP contribution in [0.2, 0.25) is 0 Å². The average Bonchev–Trinajstić information content (AvgIpc) is 2.50. The number of ether oxygens (including phenoxy) is 3. The molecule has 1 aromatic carbocycles. The Bertz CT molecular complexity index is 598. The molecule has 0 bridgehead atoms. The number of methoxy groups -OCH3 is 1. The van der Waals surface area contributed by atoms with Crippen LogP contribution in [-0.4, -0.2) is 37.0 Å². The third-order valence-corrected chi connectivity index (χ3v) is 2.95. The molecule has 0 saturated heterocycles. The van der Waals surface area contributed by atoms with Crippen LogP contribution in [0.1, 0.15) is 37.0 Å². The summed E-state index contributed by atoms with van der Waals surface area (Å²) in [6.07, 6.45) is 0.577. The van der Waals surface area contributed by atoms with E-state index in [4.69, 9.17) is 14.2 Å². The Labute approximate surface area is 133 Å². The Balaban J connectivity index is 2.85. The van der Waals surface area contributed by atoms with Crippen LogP contribution in [0.3, 0.4) is 0 Å². The molecule has 23 heavy (non-hydrogen) atoms. The van der Waals surface area contributed by atoms with Gasteiger partial charge in [0.05, 0.1) is 36.9 Å². The highest BCUT2D eigenvalue weighted by Crippen LogP contribution is 2.35. The monoisotopic (exact) mass is 325 g/mol. The standard InChI is InChI=1S/C15H19NO7/c1-4-22-15(18)6-5-7-23-14-9-12(16(19)20)11(10(2)17)8-13(14)21-3/h8-9H,4-7H2,1-3H3. The second kappa shape index (κ2) is 8.72. The van der Waals surface area contributed by atoms with Crippen molar-refractivity contribution < 1.29 is 28.7 Å². The molecule has 0 saturated carbocycles. The zero-order valence-corrected chi connectivity index (χ0v) is 13.3. The van der Waals surface area contributed by atoms with Gasteiger partial charge in [-0.05, 0) is 20.3 Å². The molecule has 8 heteroatoms. The van der Waals surface area contributed by atoms with Crippen LogP contribution in [0, 0.1) is 10.1 Å². The Hall–Kier alpha value is -2.64. The van der Waals surface area contributed by atoms with Gasteiger partial charge in [0.15, 0.2) is 17.3 Å². The van der Waals surface area contributed by atoms with Gasteiger partial charge in [0, 0.05) is 12.5 Å². The Kier molecular flexibility index (Phi) is 6.98. The van der Waals surface area contributed by atoms with Gasteiger partial charge < -0.3 is 14.2 Å². The first-order valence-electron chi connectivity index (χ1n) is 7.06. The lowest BCUT2D eigenvalue weighted by Gasteiger charge is -2.12. The van der Waals surface area contributed by atoms with Gasteiger partial charge in [-0.25, -0.2) is 0 Å². The third kappa shape index (κ3) is 5.24. The number of hydrogen-bond donors (Lipinski definition) is 0. The molecule has 0 fully saturated rings. The van der Waals surface area contributed by atoms with E-state index in [1.807, 2.05) is 0 Å². The molecular weight excluding hydrogens is 306 g/mol. The topological polar surface area (TPSA) is 105 Å². The fraction of sp³-hybridized carbons (Fsp3) is 0.467. The highest BCUT2D eigenvalue weighted by molar-refractivity contribution is 5.98. The van der Waals surface area contributed by atoms with Crippen molar-refractivity contribution in [2.45, 2.75) is 26.7 Å². The SMILES string of the molecule is CCOC(=O)CCCOc1cc([N+](=O)[O-])c(C(C)=O)cc1OC. The number of hydrogen-bond acceptors (Lipinski definition) is 7. The Morgan fingerprint density at radius 1 is 1.26 bits per heavy atom. The highest BCUT2D eigenvalue weighted by Gasteiger charge is 2.22. The number of esters is 1. The van der Waals surface area contributed by atoms with Crippen molar-refractivity contribution in [3.8, 4) is 11.5 Å². The second-order valence-corrected chi connectivity index (χ2v) is 4.59. The van der Waals surface area contributed by atoms with E-state index in [2.05, 4.69) is 0 Å². The van der Waals surface area contributed by atoms with Crippen LogP contribution in [0.5, 0.6) is 11.5 Å². The molecule has 0 aliphatic carbocycles. The Morgan fingerprint density at radius 3 is 2.48 bits per heavy atom. The van der Waals surface area contributed by atoms with E-state index in [9.17, 15) is 19.7 Å². The summed E-state index contributed by atoms with van der Waals surface area (Å²) in [7, 11) is 1.37. The molecule has 0 heterocycles. The number of nitro benzene ring substituents is 1. The van der Waals surface area contributed by atoms with E-state index in [0.717, 1.165) is 6.07 Å². The normalized spacial score (nSPS) is 10.0. The number of nitro groups is 1. The largest absolute Gasteiger partial charge is 0.493 e. The van der Waals surface area contributed by atoms with Crippen LogP contribution in [-0.2, 0) is 9.53 Å². The smallest absolute Gasteiger partial charge is 0.305 e. The van der Waals surface area contributed by atoms with Crippen LogP contribution in [0.25, 0.3) is 0 Å². The lowest BCUT2D eigenvalue weighted by atomic mass is 10.1. The Morgan fingerprint density at radius 2 is 1.96 bits per heavy atom. The summed E-state index contributed by atoms with van der Waals surface area (Å²) < 4.78 is 15.3. The minimum atomic E-state index is -0.651. The number of nitrogens with zero attached hydrogens (tertiary/aromatic N) is 1. The van der Waals surface area contributed by atoms with Gasteiger partial charge in [-0.15, -0.1) is 0 Å². The van der Waals surface area contributed by atoms with E-state index >= 15 is 0 Å². The van der Waals surface area contributed by atoms with Crippen molar-refractivity contribution in [2.24, 2.45) is 0 Å². The van der Waals surface area contributed by atoms with E-state index in [0.29, 0.717) is 13.0 Å². The molecule has 126 valence electrons. The van der Waals surface area contributed by atoms with Crippen LogP contribution in [0.4, 0.5) is 5.69 Å². The maximum Gasteiger partial charge on any atom is 0.305 e. The average molecular weight is 325 g/mol. The molecule has 0 amide bonds. The van der Waals surface area contributed by atoms with Gasteiger partial charge in [0.2, 0.25) is 0 Å². The molecule has 0 aromatic heterocycles. The summed E-state index contributed by atoms with van der Waals surface area (Å²) >= 11 is 0. The quantitative estimate of drug-likeness (QED) is 0.226.